The van der Waals surface area contributed by atoms with Crippen molar-refractivity contribution in [2.75, 3.05) is 31.6 Å². The van der Waals surface area contributed by atoms with Crippen LogP contribution < -0.4 is 5.32 Å². The van der Waals surface area contributed by atoms with E-state index < -0.39 is 10.0 Å². The topological polar surface area (TPSA) is 58.6 Å². The first-order chi connectivity index (χ1) is 14.0. The number of benzene rings is 2. The predicted molar refractivity (Wildman–Crippen MR) is 122 cm³/mol. The number of allylic oxidation sites excluding steroid dienone is 2. The Balaban J connectivity index is 1.44. The fourth-order valence-corrected chi connectivity index (χ4v) is 6.60. The summed E-state index contributed by atoms with van der Waals surface area (Å²) in [5, 5.41) is 3.71. The summed E-state index contributed by atoms with van der Waals surface area (Å²) in [6.07, 6.45) is 5.63. The van der Waals surface area contributed by atoms with Crippen LogP contribution in [0.5, 0.6) is 0 Å². The molecule has 0 amide bonds. The fourth-order valence-electron chi connectivity index (χ4n) is 4.68. The van der Waals surface area contributed by atoms with E-state index in [1.54, 1.807) is 12.1 Å². The Morgan fingerprint density at radius 2 is 1.83 bits per heavy atom. The van der Waals surface area contributed by atoms with Crippen LogP contribution in [0.3, 0.4) is 0 Å². The summed E-state index contributed by atoms with van der Waals surface area (Å²) < 4.78 is 33.8. The maximum atomic E-state index is 12.9. The average Bonchev–Trinajstić information content (AvgIpc) is 3.24. The Hall–Kier alpha value is -1.42. The highest BCUT2D eigenvalue weighted by atomic mass is 127. The molecule has 7 heteroatoms. The van der Waals surface area contributed by atoms with Gasteiger partial charge in [0.2, 0.25) is 10.0 Å². The number of rotatable bonds is 3. The van der Waals surface area contributed by atoms with E-state index in [2.05, 4.69) is 58.3 Å². The number of anilines is 1. The number of fused-ring (bicyclic) bond motifs is 3. The molecule has 0 bridgehead atoms. The first-order valence-electron chi connectivity index (χ1n) is 9.94. The Morgan fingerprint density at radius 3 is 2.59 bits per heavy atom. The third-order valence-electron chi connectivity index (χ3n) is 6.17. The number of nitrogens with one attached hydrogen (secondary N) is 1. The zero-order chi connectivity index (χ0) is 20.0. The Morgan fingerprint density at radius 1 is 1.07 bits per heavy atom. The van der Waals surface area contributed by atoms with Gasteiger partial charge in [-0.25, -0.2) is 8.42 Å². The Bertz CT molecular complexity index is 1050. The SMILES string of the molecule is O=S(=O)(c1ccc([C@@H]2Nc3ccc(I)cc3[C@H]3C=CC[C@@H]32)cc1)N1CCOCC1. The van der Waals surface area contributed by atoms with E-state index in [1.807, 2.05) is 12.1 Å². The fraction of sp³-hybridized carbons (Fsp3) is 0.364. The van der Waals surface area contributed by atoms with Gasteiger partial charge in [0.25, 0.3) is 0 Å². The molecule has 0 radical (unpaired) electrons. The van der Waals surface area contributed by atoms with Crippen LogP contribution in [0.4, 0.5) is 5.69 Å². The van der Waals surface area contributed by atoms with Gasteiger partial charge in [0.05, 0.1) is 24.2 Å². The predicted octanol–water partition coefficient (Wildman–Crippen LogP) is 4.14. The Kier molecular flexibility index (Phi) is 5.18. The third kappa shape index (κ3) is 3.52. The molecule has 3 atom stereocenters. The molecule has 152 valence electrons. The van der Waals surface area contributed by atoms with Crippen LogP contribution >= 0.6 is 22.6 Å². The molecule has 1 saturated heterocycles. The molecule has 1 fully saturated rings. The van der Waals surface area contributed by atoms with Gasteiger partial charge in [-0.3, -0.25) is 0 Å². The lowest BCUT2D eigenvalue weighted by Crippen LogP contribution is -2.40. The molecule has 3 aliphatic rings. The maximum absolute atomic E-state index is 12.9. The highest BCUT2D eigenvalue weighted by Crippen LogP contribution is 2.50. The van der Waals surface area contributed by atoms with Crippen LogP contribution in [0, 0.1) is 9.49 Å². The van der Waals surface area contributed by atoms with E-state index in [1.165, 1.54) is 19.1 Å². The van der Waals surface area contributed by atoms with E-state index in [0.29, 0.717) is 43.0 Å². The summed E-state index contributed by atoms with van der Waals surface area (Å²) in [5.74, 6) is 0.852. The quantitative estimate of drug-likeness (QED) is 0.487. The lowest BCUT2D eigenvalue weighted by molar-refractivity contribution is 0.0730. The van der Waals surface area contributed by atoms with E-state index in [4.69, 9.17) is 4.74 Å². The smallest absolute Gasteiger partial charge is 0.243 e. The van der Waals surface area contributed by atoms with Crippen molar-refractivity contribution in [1.29, 1.82) is 0 Å². The average molecular weight is 522 g/mol. The molecule has 1 aliphatic carbocycles. The number of halogens is 1. The van der Waals surface area contributed by atoms with Gasteiger partial charge in [-0.15, -0.1) is 0 Å². The van der Waals surface area contributed by atoms with Gasteiger partial charge in [-0.05, 0) is 76.4 Å². The molecule has 1 N–H and O–H groups in total. The van der Waals surface area contributed by atoms with Crippen molar-refractivity contribution >= 4 is 38.3 Å². The van der Waals surface area contributed by atoms with Crippen molar-refractivity contribution in [2.45, 2.75) is 23.3 Å². The van der Waals surface area contributed by atoms with E-state index >= 15 is 0 Å². The van der Waals surface area contributed by atoms with Gasteiger partial charge in [0.15, 0.2) is 0 Å². The van der Waals surface area contributed by atoms with E-state index in [0.717, 1.165) is 12.0 Å². The lowest BCUT2D eigenvalue weighted by Gasteiger charge is -2.37. The molecule has 0 aromatic heterocycles. The van der Waals surface area contributed by atoms with Gasteiger partial charge >= 0.3 is 0 Å². The second-order valence-electron chi connectivity index (χ2n) is 7.79. The molecule has 0 saturated carbocycles. The van der Waals surface area contributed by atoms with Gasteiger partial charge < -0.3 is 10.1 Å². The minimum Gasteiger partial charge on any atom is -0.379 e. The summed E-state index contributed by atoms with van der Waals surface area (Å²) in [7, 11) is -3.46. The van der Waals surface area contributed by atoms with E-state index in [9.17, 15) is 8.42 Å². The molecule has 2 aliphatic heterocycles. The van der Waals surface area contributed by atoms with Crippen LogP contribution in [0.25, 0.3) is 0 Å². The normalized spacial score (nSPS) is 26.6. The number of hydrogen-bond donors (Lipinski definition) is 1. The first kappa shape index (κ1) is 19.5. The highest BCUT2D eigenvalue weighted by molar-refractivity contribution is 14.1. The monoisotopic (exact) mass is 522 g/mol. The van der Waals surface area contributed by atoms with Gasteiger partial charge in [0.1, 0.15) is 0 Å². The van der Waals surface area contributed by atoms with Crippen molar-refractivity contribution in [3.05, 3.63) is 69.3 Å². The summed E-state index contributed by atoms with van der Waals surface area (Å²) in [5.41, 5.74) is 3.67. The maximum Gasteiger partial charge on any atom is 0.243 e. The van der Waals surface area contributed by atoms with Crippen molar-refractivity contribution in [2.24, 2.45) is 5.92 Å². The van der Waals surface area contributed by atoms with Crippen molar-refractivity contribution in [3.8, 4) is 0 Å². The van der Waals surface area contributed by atoms with Crippen LogP contribution in [-0.4, -0.2) is 39.0 Å². The summed E-state index contributed by atoms with van der Waals surface area (Å²) in [4.78, 5) is 0.356. The molecule has 0 spiro atoms. The van der Waals surface area contributed by atoms with Gasteiger partial charge in [-0.1, -0.05) is 24.3 Å². The standard InChI is InChI=1S/C22H23IN2O3S/c23-16-6-9-21-20(14-16)18-2-1-3-19(18)22(24-21)15-4-7-17(8-5-15)29(26,27)25-10-12-28-13-11-25/h1-2,4-9,14,18-19,22,24H,3,10-13H2/t18-,19-,22-/m0/s1. The first-order valence-corrected chi connectivity index (χ1v) is 12.5. The van der Waals surface area contributed by atoms with Crippen molar-refractivity contribution in [3.63, 3.8) is 0 Å². The molecule has 5 rings (SSSR count). The zero-order valence-corrected chi connectivity index (χ0v) is 18.9. The minimum atomic E-state index is -3.46. The summed E-state index contributed by atoms with van der Waals surface area (Å²) in [6, 6.07) is 14.2. The number of sulfonamides is 1. The molecule has 2 aromatic rings. The van der Waals surface area contributed by atoms with Gasteiger partial charge in [0, 0.05) is 28.3 Å². The second kappa shape index (κ2) is 7.68. The van der Waals surface area contributed by atoms with Crippen LogP contribution in [-0.2, 0) is 14.8 Å². The van der Waals surface area contributed by atoms with Crippen LogP contribution in [0.15, 0.2) is 59.5 Å². The number of morpholine rings is 1. The van der Waals surface area contributed by atoms with Crippen LogP contribution in [0.1, 0.15) is 29.5 Å². The summed E-state index contributed by atoms with van der Waals surface area (Å²) >= 11 is 2.37. The van der Waals surface area contributed by atoms with Crippen molar-refractivity contribution in [1.82, 2.24) is 4.31 Å². The van der Waals surface area contributed by atoms with Crippen LogP contribution in [0.2, 0.25) is 0 Å². The number of hydrogen-bond acceptors (Lipinski definition) is 4. The molecular formula is C22H23IN2O3S. The molecular weight excluding hydrogens is 499 g/mol. The molecule has 2 heterocycles. The molecule has 29 heavy (non-hydrogen) atoms. The Labute approximate surface area is 185 Å². The highest BCUT2D eigenvalue weighted by Gasteiger charge is 2.38. The third-order valence-corrected chi connectivity index (χ3v) is 8.76. The lowest BCUT2D eigenvalue weighted by atomic mass is 9.77. The largest absolute Gasteiger partial charge is 0.379 e. The molecule has 5 nitrogen and oxygen atoms in total. The van der Waals surface area contributed by atoms with Crippen molar-refractivity contribution < 1.29 is 13.2 Å². The zero-order valence-electron chi connectivity index (χ0n) is 15.9. The molecule has 2 aromatic carbocycles. The molecule has 0 unspecified atom stereocenters. The van der Waals surface area contributed by atoms with E-state index in [-0.39, 0.29) is 6.04 Å². The number of nitrogens with zero attached hydrogens (tertiary/aromatic N) is 1. The summed E-state index contributed by atoms with van der Waals surface area (Å²) in [6.45, 7) is 1.74. The minimum absolute atomic E-state index is 0.169. The second-order valence-corrected chi connectivity index (χ2v) is 11.0. The van der Waals surface area contributed by atoms with Gasteiger partial charge in [-0.2, -0.15) is 4.31 Å². The number of ether oxygens (including phenoxy) is 1.